The fraction of sp³-hybridized carbons (Fsp3) is 0.524. The zero-order valence-corrected chi connectivity index (χ0v) is 20.6. The first-order chi connectivity index (χ1) is 13.8. The number of halogens is 3. The number of nitrogens with zero attached hydrogens (tertiary/aromatic N) is 4. The predicted molar refractivity (Wildman–Crippen MR) is 137 cm³/mol. The fourth-order valence-corrected chi connectivity index (χ4v) is 5.63. The van der Waals surface area contributed by atoms with Crippen molar-refractivity contribution >= 4 is 71.5 Å². The van der Waals surface area contributed by atoms with Crippen molar-refractivity contribution in [3.8, 4) is 0 Å². The number of aromatic nitrogens is 1. The third-order valence-corrected chi connectivity index (χ3v) is 7.23. The van der Waals surface area contributed by atoms with Crippen LogP contribution in [0, 0.1) is 0 Å². The molecular weight excluding hydrogens is 477 g/mol. The SMILES string of the molecule is Cl.Cl.Cl.O=C([C@@H]1C[C@H](N2CCN(c3ccnc4ccccc34)CC2)CN1)N1CCSC1. The smallest absolute Gasteiger partial charge is 0.240 e. The Kier molecular flexibility index (Phi) is 9.98. The first-order valence-electron chi connectivity index (χ1n) is 10.2. The van der Waals surface area contributed by atoms with Crippen molar-refractivity contribution in [2.75, 3.05) is 55.8 Å². The van der Waals surface area contributed by atoms with Crippen molar-refractivity contribution in [1.82, 2.24) is 20.1 Å². The van der Waals surface area contributed by atoms with E-state index in [-0.39, 0.29) is 43.3 Å². The van der Waals surface area contributed by atoms with Crippen LogP contribution in [0.4, 0.5) is 5.69 Å². The number of rotatable bonds is 3. The standard InChI is InChI=1S/C21H27N5OS.3ClH/c27-21(26-11-12-28-15-26)19-13-16(14-23-19)24-7-9-25(10-8-24)20-5-6-22-18-4-2-1-3-17(18)20;;;/h1-6,16,19,23H,7-15H2;3*1H/t16-,19-;;;/m0.../s1. The number of carbonyl (C=O) groups is 1. The molecule has 1 aromatic carbocycles. The summed E-state index contributed by atoms with van der Waals surface area (Å²) in [6.45, 7) is 5.96. The monoisotopic (exact) mass is 505 g/mol. The van der Waals surface area contributed by atoms with Gasteiger partial charge in [-0.05, 0) is 18.6 Å². The van der Waals surface area contributed by atoms with Crippen molar-refractivity contribution in [3.63, 3.8) is 0 Å². The largest absolute Gasteiger partial charge is 0.368 e. The summed E-state index contributed by atoms with van der Waals surface area (Å²) in [6, 6.07) is 11.0. The lowest BCUT2D eigenvalue weighted by atomic mass is 10.1. The first kappa shape index (κ1) is 26.3. The maximum absolute atomic E-state index is 12.7. The van der Waals surface area contributed by atoms with Gasteiger partial charge in [0.15, 0.2) is 0 Å². The minimum atomic E-state index is 0. The molecule has 172 valence electrons. The molecule has 0 saturated carbocycles. The number of carbonyl (C=O) groups excluding carboxylic acids is 1. The summed E-state index contributed by atoms with van der Waals surface area (Å²) in [5.74, 6) is 2.24. The molecule has 3 aliphatic heterocycles. The molecule has 2 aromatic rings. The van der Waals surface area contributed by atoms with Crippen LogP contribution in [0.15, 0.2) is 36.5 Å². The second kappa shape index (κ2) is 11.8. The fourth-order valence-electron chi connectivity index (χ4n) is 4.68. The van der Waals surface area contributed by atoms with Crippen LogP contribution in [0.25, 0.3) is 10.9 Å². The number of piperazine rings is 1. The summed E-state index contributed by atoms with van der Waals surface area (Å²) in [7, 11) is 0. The van der Waals surface area contributed by atoms with Crippen molar-refractivity contribution in [2.45, 2.75) is 18.5 Å². The molecule has 3 aliphatic rings. The average molecular weight is 507 g/mol. The maximum atomic E-state index is 12.7. The Bertz CT molecular complexity index is 857. The number of hydrogen-bond acceptors (Lipinski definition) is 6. The normalized spacial score (nSPS) is 23.7. The van der Waals surface area contributed by atoms with E-state index < -0.39 is 0 Å². The van der Waals surface area contributed by atoms with E-state index in [9.17, 15) is 4.79 Å². The molecule has 4 heterocycles. The van der Waals surface area contributed by atoms with Gasteiger partial charge >= 0.3 is 0 Å². The van der Waals surface area contributed by atoms with Crippen LogP contribution in [0.5, 0.6) is 0 Å². The third kappa shape index (κ3) is 5.52. The van der Waals surface area contributed by atoms with Gasteiger partial charge in [-0.25, -0.2) is 0 Å². The van der Waals surface area contributed by atoms with E-state index in [1.807, 2.05) is 28.9 Å². The average Bonchev–Trinajstić information content (AvgIpc) is 3.45. The summed E-state index contributed by atoms with van der Waals surface area (Å²) < 4.78 is 0. The molecule has 3 fully saturated rings. The molecule has 0 aliphatic carbocycles. The molecule has 0 spiro atoms. The quantitative estimate of drug-likeness (QED) is 0.691. The Morgan fingerprint density at radius 2 is 1.81 bits per heavy atom. The number of fused-ring (bicyclic) bond motifs is 1. The topological polar surface area (TPSA) is 51.7 Å². The molecule has 1 amide bonds. The first-order valence-corrected chi connectivity index (χ1v) is 11.4. The molecule has 10 heteroatoms. The zero-order valence-electron chi connectivity index (χ0n) is 17.3. The van der Waals surface area contributed by atoms with Crippen LogP contribution in [0.3, 0.4) is 0 Å². The molecular formula is C21H30Cl3N5OS. The van der Waals surface area contributed by atoms with Crippen LogP contribution in [-0.2, 0) is 4.79 Å². The minimum absolute atomic E-state index is 0. The van der Waals surface area contributed by atoms with Gasteiger partial charge in [-0.15, -0.1) is 49.0 Å². The number of pyridine rings is 1. The summed E-state index contributed by atoms with van der Waals surface area (Å²) in [6.07, 6.45) is 2.86. The van der Waals surface area contributed by atoms with Gasteiger partial charge in [-0.3, -0.25) is 14.7 Å². The van der Waals surface area contributed by atoms with Crippen LogP contribution in [0.1, 0.15) is 6.42 Å². The van der Waals surface area contributed by atoms with E-state index in [4.69, 9.17) is 0 Å². The van der Waals surface area contributed by atoms with Gasteiger partial charge in [-0.1, -0.05) is 18.2 Å². The molecule has 1 N–H and O–H groups in total. The van der Waals surface area contributed by atoms with Crippen LogP contribution in [-0.4, -0.2) is 83.7 Å². The van der Waals surface area contributed by atoms with Gasteiger partial charge < -0.3 is 15.1 Å². The Hall–Kier alpha value is -0.960. The highest BCUT2D eigenvalue weighted by Crippen LogP contribution is 2.27. The summed E-state index contributed by atoms with van der Waals surface area (Å²) in [4.78, 5) is 24.2. The predicted octanol–water partition coefficient (Wildman–Crippen LogP) is 2.89. The Labute approximate surface area is 206 Å². The molecule has 31 heavy (non-hydrogen) atoms. The van der Waals surface area contributed by atoms with Gasteiger partial charge in [-0.2, -0.15) is 0 Å². The Balaban J connectivity index is 0.00000114. The second-order valence-corrected chi connectivity index (χ2v) is 8.93. The van der Waals surface area contributed by atoms with Crippen molar-refractivity contribution in [3.05, 3.63) is 36.5 Å². The molecule has 0 radical (unpaired) electrons. The van der Waals surface area contributed by atoms with E-state index >= 15 is 0 Å². The Morgan fingerprint density at radius 1 is 1.03 bits per heavy atom. The number of thioether (sulfide) groups is 1. The zero-order chi connectivity index (χ0) is 18.9. The van der Waals surface area contributed by atoms with Crippen LogP contribution in [0.2, 0.25) is 0 Å². The molecule has 3 saturated heterocycles. The number of para-hydroxylation sites is 1. The number of nitrogens with one attached hydrogen (secondary N) is 1. The van der Waals surface area contributed by atoms with E-state index in [0.29, 0.717) is 11.9 Å². The van der Waals surface area contributed by atoms with Gasteiger partial charge in [0.25, 0.3) is 0 Å². The van der Waals surface area contributed by atoms with E-state index in [2.05, 4.69) is 44.4 Å². The van der Waals surface area contributed by atoms with Crippen molar-refractivity contribution < 1.29 is 4.79 Å². The summed E-state index contributed by atoms with van der Waals surface area (Å²) in [5, 5.41) is 4.72. The van der Waals surface area contributed by atoms with Gasteiger partial charge in [0.1, 0.15) is 0 Å². The Morgan fingerprint density at radius 3 is 2.55 bits per heavy atom. The van der Waals surface area contributed by atoms with Crippen LogP contribution >= 0.6 is 49.0 Å². The highest BCUT2D eigenvalue weighted by Gasteiger charge is 2.36. The molecule has 1 aromatic heterocycles. The molecule has 2 atom stereocenters. The van der Waals surface area contributed by atoms with E-state index in [1.54, 1.807) is 0 Å². The van der Waals surface area contributed by atoms with Crippen LogP contribution < -0.4 is 10.2 Å². The summed E-state index contributed by atoms with van der Waals surface area (Å²) >= 11 is 1.85. The second-order valence-electron chi connectivity index (χ2n) is 7.86. The maximum Gasteiger partial charge on any atom is 0.240 e. The lowest BCUT2D eigenvalue weighted by Gasteiger charge is -2.39. The number of anilines is 1. The number of hydrogen-bond donors (Lipinski definition) is 1. The van der Waals surface area contributed by atoms with Crippen molar-refractivity contribution in [1.29, 1.82) is 0 Å². The molecule has 0 unspecified atom stereocenters. The third-order valence-electron chi connectivity index (χ3n) is 6.27. The molecule has 0 bridgehead atoms. The highest BCUT2D eigenvalue weighted by molar-refractivity contribution is 7.99. The van der Waals surface area contributed by atoms with Gasteiger partial charge in [0.2, 0.25) is 5.91 Å². The van der Waals surface area contributed by atoms with Crippen molar-refractivity contribution in [2.24, 2.45) is 0 Å². The van der Waals surface area contributed by atoms with Gasteiger partial charge in [0, 0.05) is 68.3 Å². The lowest BCUT2D eigenvalue weighted by Crippen LogP contribution is -2.51. The highest BCUT2D eigenvalue weighted by atomic mass is 35.5. The number of benzene rings is 1. The van der Waals surface area contributed by atoms with Gasteiger partial charge in [0.05, 0.1) is 17.4 Å². The molecule has 5 rings (SSSR count). The van der Waals surface area contributed by atoms with E-state index in [0.717, 1.165) is 62.8 Å². The van der Waals surface area contributed by atoms with E-state index in [1.165, 1.54) is 11.1 Å². The molecule has 6 nitrogen and oxygen atoms in total. The minimum Gasteiger partial charge on any atom is -0.368 e. The summed E-state index contributed by atoms with van der Waals surface area (Å²) in [5.41, 5.74) is 2.35. The lowest BCUT2D eigenvalue weighted by molar-refractivity contribution is -0.131. The number of amides is 1.